The molecular weight excluding hydrogens is 434 g/mol. The van der Waals surface area contributed by atoms with Crippen LogP contribution in [0.4, 0.5) is 26.3 Å². The summed E-state index contributed by atoms with van der Waals surface area (Å²) in [4.78, 5) is 8.42. The van der Waals surface area contributed by atoms with Gasteiger partial charge in [0.1, 0.15) is 6.10 Å². The molecule has 2 aromatic rings. The smallest absolute Gasteiger partial charge is 0.403 e. The number of alkyl halides is 6. The van der Waals surface area contributed by atoms with E-state index in [1.54, 1.807) is 12.3 Å². The lowest BCUT2D eigenvalue weighted by atomic mass is 9.57. The molecule has 0 aliphatic heterocycles. The average Bonchev–Trinajstić information content (AvgIpc) is 2.74. The highest BCUT2D eigenvalue weighted by molar-refractivity contribution is 5.77. The molecule has 0 unspecified atom stereocenters. The summed E-state index contributed by atoms with van der Waals surface area (Å²) in [6.07, 6.45) is -8.28. The molecule has 0 amide bonds. The summed E-state index contributed by atoms with van der Waals surface area (Å²) in [5, 5.41) is 0.816. The molecule has 0 N–H and O–H groups in total. The normalized spacial score (nSPS) is 23.9. The molecule has 2 saturated carbocycles. The third-order valence-electron chi connectivity index (χ3n) is 7.24. The number of rotatable bonds is 4. The average molecular weight is 460 g/mol. The Labute approximate surface area is 182 Å². The van der Waals surface area contributed by atoms with Crippen LogP contribution in [0.5, 0.6) is 6.01 Å². The van der Waals surface area contributed by atoms with Gasteiger partial charge in [-0.05, 0) is 56.4 Å². The zero-order valence-electron chi connectivity index (χ0n) is 17.6. The van der Waals surface area contributed by atoms with E-state index in [4.69, 9.17) is 4.74 Å². The van der Waals surface area contributed by atoms with Gasteiger partial charge in [-0.25, -0.2) is 4.98 Å². The van der Waals surface area contributed by atoms with E-state index in [0.29, 0.717) is 24.8 Å². The lowest BCUT2D eigenvalue weighted by molar-refractivity contribution is -0.382. The molecule has 0 saturated heterocycles. The maximum Gasteiger partial charge on any atom is 0.403 e. The molecule has 1 aromatic carbocycles. The molecule has 4 rings (SSSR count). The number of para-hydroxylation sites is 1. The number of aromatic nitrogens is 2. The number of benzene rings is 1. The summed E-state index contributed by atoms with van der Waals surface area (Å²) in [5.41, 5.74) is -2.98. The fourth-order valence-corrected chi connectivity index (χ4v) is 5.77. The predicted octanol–water partition coefficient (Wildman–Crippen LogP) is 7.26. The van der Waals surface area contributed by atoms with Gasteiger partial charge in [-0.15, -0.1) is 0 Å². The Kier molecular flexibility index (Phi) is 6.29. The number of ether oxygens (including phenoxy) is 1. The summed E-state index contributed by atoms with van der Waals surface area (Å²) in [6.45, 7) is 0. The van der Waals surface area contributed by atoms with Crippen molar-refractivity contribution in [3.05, 3.63) is 30.5 Å². The van der Waals surface area contributed by atoms with Crippen molar-refractivity contribution in [2.75, 3.05) is 0 Å². The summed E-state index contributed by atoms with van der Waals surface area (Å²) in [6, 6.07) is 7.36. The van der Waals surface area contributed by atoms with Gasteiger partial charge in [-0.2, -0.15) is 31.3 Å². The van der Waals surface area contributed by atoms with E-state index in [2.05, 4.69) is 9.97 Å². The van der Waals surface area contributed by atoms with Crippen molar-refractivity contribution in [2.45, 2.75) is 76.2 Å². The van der Waals surface area contributed by atoms with Crippen LogP contribution in [-0.4, -0.2) is 28.4 Å². The molecule has 9 heteroatoms. The molecule has 176 valence electrons. The Bertz CT molecular complexity index is 901. The van der Waals surface area contributed by atoms with Crippen molar-refractivity contribution in [3.63, 3.8) is 0 Å². The molecule has 0 spiro atoms. The first-order valence-electron chi connectivity index (χ1n) is 11.1. The molecule has 3 nitrogen and oxygen atoms in total. The third-order valence-corrected chi connectivity index (χ3v) is 7.24. The van der Waals surface area contributed by atoms with Crippen molar-refractivity contribution in [1.82, 2.24) is 9.97 Å². The quantitative estimate of drug-likeness (QED) is 0.451. The molecule has 1 aromatic heterocycles. The van der Waals surface area contributed by atoms with Crippen LogP contribution in [0.1, 0.15) is 57.8 Å². The largest absolute Gasteiger partial charge is 0.460 e. The maximum absolute atomic E-state index is 14.3. The minimum absolute atomic E-state index is 0.0274. The van der Waals surface area contributed by atoms with Crippen LogP contribution < -0.4 is 4.74 Å². The highest BCUT2D eigenvalue weighted by Crippen LogP contribution is 2.64. The predicted molar refractivity (Wildman–Crippen MR) is 107 cm³/mol. The van der Waals surface area contributed by atoms with Gasteiger partial charge in [0.2, 0.25) is 0 Å². The molecule has 0 atom stereocenters. The molecule has 0 radical (unpaired) electrons. The second-order valence-corrected chi connectivity index (χ2v) is 9.00. The van der Waals surface area contributed by atoms with E-state index in [9.17, 15) is 26.3 Å². The number of halogens is 6. The zero-order valence-corrected chi connectivity index (χ0v) is 17.6. The summed E-state index contributed by atoms with van der Waals surface area (Å²) in [7, 11) is 0. The molecule has 0 bridgehead atoms. The number of nitrogens with zero attached hydrogens (tertiary/aromatic N) is 2. The lowest BCUT2D eigenvalue weighted by Gasteiger charge is -2.50. The van der Waals surface area contributed by atoms with E-state index in [1.165, 1.54) is 0 Å². The van der Waals surface area contributed by atoms with Crippen molar-refractivity contribution in [1.29, 1.82) is 0 Å². The van der Waals surface area contributed by atoms with Crippen molar-refractivity contribution in [2.24, 2.45) is 17.3 Å². The Balaban J connectivity index is 1.52. The van der Waals surface area contributed by atoms with Crippen LogP contribution in [-0.2, 0) is 0 Å². The van der Waals surface area contributed by atoms with Gasteiger partial charge >= 0.3 is 18.4 Å². The van der Waals surface area contributed by atoms with Gasteiger partial charge in [0.05, 0.1) is 5.52 Å². The summed E-state index contributed by atoms with van der Waals surface area (Å²) >= 11 is 0. The fourth-order valence-electron chi connectivity index (χ4n) is 5.77. The molecule has 32 heavy (non-hydrogen) atoms. The Morgan fingerprint density at radius 3 is 1.97 bits per heavy atom. The van der Waals surface area contributed by atoms with E-state index >= 15 is 0 Å². The van der Waals surface area contributed by atoms with Gasteiger partial charge in [-0.1, -0.05) is 37.5 Å². The van der Waals surface area contributed by atoms with E-state index in [1.807, 2.05) is 18.2 Å². The van der Waals surface area contributed by atoms with Crippen LogP contribution in [0, 0.1) is 17.3 Å². The Hall–Kier alpha value is -2.06. The van der Waals surface area contributed by atoms with Crippen LogP contribution in [0.25, 0.3) is 10.9 Å². The number of fused-ring (bicyclic) bond motifs is 1. The summed E-state index contributed by atoms with van der Waals surface area (Å²) in [5.74, 6) is -2.91. The fraction of sp³-hybridized carbons (Fsp3) is 0.652. The minimum atomic E-state index is -5.34. The summed E-state index contributed by atoms with van der Waals surface area (Å²) < 4.78 is 91.3. The van der Waals surface area contributed by atoms with Gasteiger partial charge in [0, 0.05) is 11.6 Å². The van der Waals surface area contributed by atoms with Crippen LogP contribution in [0.3, 0.4) is 0 Å². The SMILES string of the molecule is FC(F)(F)C(C1CCCCC1)([C@H]1CC[C@@H](Oc2ncc3ccccc3n2)CC1)C(F)(F)F. The van der Waals surface area contributed by atoms with Gasteiger partial charge in [0.25, 0.3) is 0 Å². The van der Waals surface area contributed by atoms with Crippen LogP contribution >= 0.6 is 0 Å². The molecular formula is C23H26F6N2O. The first-order chi connectivity index (χ1) is 15.1. The standard InChI is InChI=1S/C23H26F6N2O/c24-22(25,26)21(23(27,28)29,16-7-2-1-3-8-16)17-10-12-18(13-11-17)32-20-30-14-15-6-4-5-9-19(15)31-20/h4-6,9,14,16-18H,1-3,7-8,10-13H2/t17-,18+. The third kappa shape index (κ3) is 4.15. The van der Waals surface area contributed by atoms with E-state index in [-0.39, 0.29) is 44.5 Å². The van der Waals surface area contributed by atoms with Crippen molar-refractivity contribution < 1.29 is 31.1 Å². The molecule has 2 aliphatic rings. The molecule has 2 aliphatic carbocycles. The van der Waals surface area contributed by atoms with Crippen LogP contribution in [0.2, 0.25) is 0 Å². The Morgan fingerprint density at radius 2 is 1.34 bits per heavy atom. The molecule has 2 fully saturated rings. The highest BCUT2D eigenvalue weighted by Gasteiger charge is 2.76. The number of hydrogen-bond acceptors (Lipinski definition) is 3. The van der Waals surface area contributed by atoms with E-state index < -0.39 is 35.7 Å². The zero-order chi connectivity index (χ0) is 23.0. The number of hydrogen-bond donors (Lipinski definition) is 0. The first kappa shape index (κ1) is 23.1. The maximum atomic E-state index is 14.3. The van der Waals surface area contributed by atoms with E-state index in [0.717, 1.165) is 5.39 Å². The van der Waals surface area contributed by atoms with Crippen molar-refractivity contribution in [3.8, 4) is 6.01 Å². The Morgan fingerprint density at radius 1 is 0.750 bits per heavy atom. The van der Waals surface area contributed by atoms with Gasteiger partial charge in [-0.3, -0.25) is 0 Å². The lowest BCUT2D eigenvalue weighted by Crippen LogP contribution is -2.60. The van der Waals surface area contributed by atoms with Gasteiger partial charge < -0.3 is 4.74 Å². The monoisotopic (exact) mass is 460 g/mol. The topological polar surface area (TPSA) is 35.0 Å². The highest BCUT2D eigenvalue weighted by atomic mass is 19.4. The first-order valence-corrected chi connectivity index (χ1v) is 11.1. The van der Waals surface area contributed by atoms with Crippen molar-refractivity contribution >= 4 is 10.9 Å². The minimum Gasteiger partial charge on any atom is -0.460 e. The van der Waals surface area contributed by atoms with Crippen LogP contribution in [0.15, 0.2) is 30.5 Å². The van der Waals surface area contributed by atoms with Gasteiger partial charge in [0.15, 0.2) is 5.41 Å². The molecule has 1 heterocycles. The second kappa shape index (κ2) is 8.71. The second-order valence-electron chi connectivity index (χ2n) is 9.00.